The molecule has 1 aromatic heterocycles. The lowest BCUT2D eigenvalue weighted by Gasteiger charge is -2.31. The van der Waals surface area contributed by atoms with E-state index >= 15 is 0 Å². The maximum Gasteiger partial charge on any atom is 0.252 e. The molecule has 3 aromatic rings. The van der Waals surface area contributed by atoms with Crippen molar-refractivity contribution in [2.75, 3.05) is 6.54 Å². The van der Waals surface area contributed by atoms with Crippen molar-refractivity contribution < 1.29 is 9.59 Å². The fraction of sp³-hybridized carbons (Fsp3) is 0.469. The second kappa shape index (κ2) is 10.4. The third-order valence-corrected chi connectivity index (χ3v) is 9.38. The average Bonchev–Trinajstić information content (AvgIpc) is 3.48. The summed E-state index contributed by atoms with van der Waals surface area (Å²) in [6.07, 6.45) is 9.67. The van der Waals surface area contributed by atoms with Gasteiger partial charge in [-0.3, -0.25) is 19.5 Å². The van der Waals surface area contributed by atoms with Crippen molar-refractivity contribution in [2.24, 2.45) is 11.8 Å². The number of fused-ring (bicyclic) bond motifs is 6. The van der Waals surface area contributed by atoms with Crippen LogP contribution in [-0.4, -0.2) is 34.2 Å². The predicted molar refractivity (Wildman–Crippen MR) is 152 cm³/mol. The van der Waals surface area contributed by atoms with Crippen LogP contribution in [0.4, 0.5) is 0 Å². The van der Waals surface area contributed by atoms with E-state index in [1.165, 1.54) is 30.4 Å². The Hall–Kier alpha value is -2.76. The van der Waals surface area contributed by atoms with Gasteiger partial charge in [0.1, 0.15) is 0 Å². The Morgan fingerprint density at radius 1 is 1.00 bits per heavy atom. The summed E-state index contributed by atoms with van der Waals surface area (Å²) in [5.41, 5.74) is 5.02. The van der Waals surface area contributed by atoms with E-state index in [-0.39, 0.29) is 23.7 Å². The van der Waals surface area contributed by atoms with Gasteiger partial charge in [0.15, 0.2) is 5.78 Å². The molecule has 6 rings (SSSR count). The van der Waals surface area contributed by atoms with Crippen LogP contribution >= 0.6 is 11.6 Å². The van der Waals surface area contributed by atoms with Gasteiger partial charge < -0.3 is 5.32 Å². The quantitative estimate of drug-likeness (QED) is 0.326. The molecule has 2 unspecified atom stereocenters. The van der Waals surface area contributed by atoms with Crippen LogP contribution in [-0.2, 0) is 0 Å². The summed E-state index contributed by atoms with van der Waals surface area (Å²) < 4.78 is 0. The molecule has 2 atom stereocenters. The number of benzene rings is 2. The second-order valence-corrected chi connectivity index (χ2v) is 12.1. The monoisotopic (exact) mass is 529 g/mol. The Labute approximate surface area is 230 Å². The van der Waals surface area contributed by atoms with E-state index in [0.29, 0.717) is 34.1 Å². The first kappa shape index (κ1) is 25.5. The van der Waals surface area contributed by atoms with Crippen molar-refractivity contribution in [2.45, 2.75) is 76.9 Å². The number of carbonyl (C=O) groups excluding carboxylic acids is 2. The number of rotatable bonds is 7. The minimum absolute atomic E-state index is 0.0326. The number of carbonyl (C=O) groups is 2. The minimum Gasteiger partial charge on any atom is -0.349 e. The molecule has 5 nitrogen and oxygen atoms in total. The molecule has 6 heteroatoms. The van der Waals surface area contributed by atoms with E-state index in [4.69, 9.17) is 11.6 Å². The Balaban J connectivity index is 1.03. The molecule has 2 aliphatic heterocycles. The number of pyridine rings is 1. The van der Waals surface area contributed by atoms with Crippen molar-refractivity contribution in [3.63, 3.8) is 0 Å². The van der Waals surface area contributed by atoms with Crippen molar-refractivity contribution in [3.8, 4) is 0 Å². The summed E-state index contributed by atoms with van der Waals surface area (Å²) in [5, 5.41) is 4.64. The molecule has 0 spiro atoms. The number of ketones is 1. The van der Waals surface area contributed by atoms with Crippen LogP contribution in [0.15, 0.2) is 48.7 Å². The number of nitrogens with one attached hydrogen (secondary N) is 1. The fourth-order valence-electron chi connectivity index (χ4n) is 7.02. The van der Waals surface area contributed by atoms with E-state index < -0.39 is 0 Å². The van der Waals surface area contributed by atoms with Gasteiger partial charge in [0, 0.05) is 46.8 Å². The van der Waals surface area contributed by atoms with Crippen molar-refractivity contribution in [3.05, 3.63) is 75.9 Å². The van der Waals surface area contributed by atoms with E-state index in [1.54, 1.807) is 18.3 Å². The SMILES string of the molecule is CC(C)C(=O)c1ccc2c(c1)C1CCC2N1CCC1CCC(NC(=O)c2ccc(Cl)c3ncccc23)CC1. The topological polar surface area (TPSA) is 62.3 Å². The molecule has 1 amide bonds. The van der Waals surface area contributed by atoms with Gasteiger partial charge in [-0.1, -0.05) is 43.6 Å². The summed E-state index contributed by atoms with van der Waals surface area (Å²) in [6, 6.07) is 14.9. The average molecular weight is 530 g/mol. The minimum atomic E-state index is -0.0372. The second-order valence-electron chi connectivity index (χ2n) is 11.7. The van der Waals surface area contributed by atoms with Crippen molar-refractivity contribution in [1.29, 1.82) is 0 Å². The first-order valence-electron chi connectivity index (χ1n) is 14.2. The fourth-order valence-corrected chi connectivity index (χ4v) is 7.24. The maximum atomic E-state index is 13.1. The number of amides is 1. The number of aromatic nitrogens is 1. The summed E-state index contributed by atoms with van der Waals surface area (Å²) >= 11 is 6.29. The number of Topliss-reactive ketones (excluding diaryl/α,β-unsaturated/α-hetero) is 1. The van der Waals surface area contributed by atoms with Gasteiger partial charge in [0.05, 0.1) is 10.5 Å². The van der Waals surface area contributed by atoms with E-state index in [2.05, 4.69) is 27.3 Å². The molecule has 2 fully saturated rings. The molecule has 3 heterocycles. The van der Waals surface area contributed by atoms with Gasteiger partial charge in [0.25, 0.3) is 5.91 Å². The first-order valence-corrected chi connectivity index (χ1v) is 14.6. The lowest BCUT2D eigenvalue weighted by atomic mass is 9.84. The van der Waals surface area contributed by atoms with Gasteiger partial charge >= 0.3 is 0 Å². The molecular formula is C32H36ClN3O2. The molecular weight excluding hydrogens is 494 g/mol. The molecule has 198 valence electrons. The molecule has 0 radical (unpaired) electrons. The zero-order chi connectivity index (χ0) is 26.4. The highest BCUT2D eigenvalue weighted by molar-refractivity contribution is 6.35. The van der Waals surface area contributed by atoms with Gasteiger partial charge in [0.2, 0.25) is 0 Å². The van der Waals surface area contributed by atoms with E-state index in [0.717, 1.165) is 43.2 Å². The molecule has 2 bridgehead atoms. The highest BCUT2D eigenvalue weighted by Crippen LogP contribution is 2.53. The van der Waals surface area contributed by atoms with Crippen molar-refractivity contribution in [1.82, 2.24) is 15.2 Å². The van der Waals surface area contributed by atoms with Crippen LogP contribution in [0.2, 0.25) is 5.02 Å². The lowest BCUT2D eigenvalue weighted by molar-refractivity contribution is 0.0917. The summed E-state index contributed by atoms with van der Waals surface area (Å²) in [4.78, 5) is 32.7. The van der Waals surface area contributed by atoms with Gasteiger partial charge in [-0.05, 0) is 92.8 Å². The molecule has 1 aliphatic carbocycles. The Morgan fingerprint density at radius 3 is 2.53 bits per heavy atom. The van der Waals surface area contributed by atoms with Gasteiger partial charge in [-0.2, -0.15) is 0 Å². The van der Waals surface area contributed by atoms with Crippen LogP contribution in [0, 0.1) is 11.8 Å². The van der Waals surface area contributed by atoms with Crippen LogP contribution in [0.1, 0.15) is 103 Å². The highest BCUT2D eigenvalue weighted by Gasteiger charge is 2.43. The summed E-state index contributed by atoms with van der Waals surface area (Å²) in [6.45, 7) is 5.07. The number of hydrogen-bond acceptors (Lipinski definition) is 4. The Bertz CT molecular complexity index is 1380. The smallest absolute Gasteiger partial charge is 0.252 e. The van der Waals surface area contributed by atoms with Crippen LogP contribution in [0.5, 0.6) is 0 Å². The normalized spacial score (nSPS) is 24.6. The maximum absolute atomic E-state index is 13.1. The Morgan fingerprint density at radius 2 is 1.76 bits per heavy atom. The highest BCUT2D eigenvalue weighted by atomic mass is 35.5. The number of hydrogen-bond donors (Lipinski definition) is 1. The summed E-state index contributed by atoms with van der Waals surface area (Å²) in [5.74, 6) is 0.937. The molecule has 38 heavy (non-hydrogen) atoms. The Kier molecular flexibility index (Phi) is 7.00. The van der Waals surface area contributed by atoms with E-state index in [1.807, 2.05) is 32.0 Å². The van der Waals surface area contributed by atoms with Gasteiger partial charge in [-0.15, -0.1) is 0 Å². The summed E-state index contributed by atoms with van der Waals surface area (Å²) in [7, 11) is 0. The number of halogens is 1. The first-order chi connectivity index (χ1) is 18.4. The van der Waals surface area contributed by atoms with Gasteiger partial charge in [-0.25, -0.2) is 0 Å². The molecule has 2 aromatic carbocycles. The number of nitrogens with zero attached hydrogens (tertiary/aromatic N) is 2. The lowest BCUT2D eigenvalue weighted by Crippen LogP contribution is -2.38. The predicted octanol–water partition coefficient (Wildman–Crippen LogP) is 7.30. The van der Waals surface area contributed by atoms with Crippen LogP contribution in [0.3, 0.4) is 0 Å². The third kappa shape index (κ3) is 4.65. The standard InChI is InChI=1S/C32H36ClN3O2/c1-19(2)31(37)21-7-10-23-26(18-21)29-14-13-28(23)36(29)17-15-20-5-8-22(9-6-20)35-32(38)25-11-12-27(33)30-24(25)4-3-16-34-30/h3-4,7,10-12,16,18-20,22,28-29H,5-6,8-9,13-15,17H2,1-2H3,(H,35,38). The zero-order valence-electron chi connectivity index (χ0n) is 22.3. The molecule has 1 saturated heterocycles. The van der Waals surface area contributed by atoms with E-state index in [9.17, 15) is 9.59 Å². The van der Waals surface area contributed by atoms with Crippen LogP contribution < -0.4 is 5.32 Å². The largest absolute Gasteiger partial charge is 0.349 e. The molecule has 3 aliphatic rings. The molecule has 1 N–H and O–H groups in total. The molecule has 1 saturated carbocycles. The van der Waals surface area contributed by atoms with Crippen molar-refractivity contribution >= 4 is 34.2 Å². The van der Waals surface area contributed by atoms with Crippen LogP contribution in [0.25, 0.3) is 10.9 Å². The third-order valence-electron chi connectivity index (χ3n) is 9.07. The zero-order valence-corrected chi connectivity index (χ0v) is 23.0.